The van der Waals surface area contributed by atoms with Crippen LogP contribution in [0.2, 0.25) is 5.02 Å². The molecule has 1 aromatic rings. The Morgan fingerprint density at radius 1 is 1.33 bits per heavy atom. The van der Waals surface area contributed by atoms with E-state index in [0.29, 0.717) is 17.7 Å². The summed E-state index contributed by atoms with van der Waals surface area (Å²) in [6.07, 6.45) is -3.06. The van der Waals surface area contributed by atoms with Crippen molar-refractivity contribution < 1.29 is 37.3 Å². The maximum atomic E-state index is 12.0. The zero-order valence-electron chi connectivity index (χ0n) is 16.3. The molecule has 7 nitrogen and oxygen atoms in total. The number of nitrogens with one attached hydrogen (secondary N) is 1. The number of hydrogen-bond acceptors (Lipinski definition) is 5. The van der Waals surface area contributed by atoms with Gasteiger partial charge in [0.05, 0.1) is 12.0 Å². The average molecular weight is 453 g/mol. The van der Waals surface area contributed by atoms with Crippen molar-refractivity contribution in [3.8, 4) is 5.75 Å². The number of benzene rings is 1. The molecule has 2 aliphatic heterocycles. The van der Waals surface area contributed by atoms with Crippen molar-refractivity contribution in [2.45, 2.75) is 31.2 Å². The van der Waals surface area contributed by atoms with Gasteiger partial charge < -0.3 is 19.9 Å². The third kappa shape index (κ3) is 7.03. The summed E-state index contributed by atoms with van der Waals surface area (Å²) in [6.45, 7) is 2.94. The van der Waals surface area contributed by atoms with Gasteiger partial charge in [0.15, 0.2) is 0 Å². The Balaban J connectivity index is 0.000000396. The van der Waals surface area contributed by atoms with Crippen LogP contribution in [0.5, 0.6) is 5.75 Å². The molecule has 0 bridgehead atoms. The van der Waals surface area contributed by atoms with E-state index in [1.807, 2.05) is 24.3 Å². The molecular formula is C19H24ClF3N2O5. The van der Waals surface area contributed by atoms with E-state index < -0.39 is 12.1 Å². The van der Waals surface area contributed by atoms with Crippen LogP contribution < -0.4 is 10.1 Å². The van der Waals surface area contributed by atoms with Crippen molar-refractivity contribution >= 4 is 23.5 Å². The zero-order valence-corrected chi connectivity index (χ0v) is 17.1. The maximum absolute atomic E-state index is 12.0. The molecule has 0 unspecified atom stereocenters. The summed E-state index contributed by atoms with van der Waals surface area (Å²) < 4.78 is 43.3. The van der Waals surface area contributed by atoms with Gasteiger partial charge in [-0.05, 0) is 37.1 Å². The predicted molar refractivity (Wildman–Crippen MR) is 103 cm³/mol. The second-order valence-electron chi connectivity index (χ2n) is 6.91. The first-order chi connectivity index (χ1) is 14.1. The van der Waals surface area contributed by atoms with Crippen molar-refractivity contribution in [1.29, 1.82) is 0 Å². The van der Waals surface area contributed by atoms with Crippen LogP contribution in [0.25, 0.3) is 0 Å². The largest absolute Gasteiger partial charge is 0.492 e. The van der Waals surface area contributed by atoms with Crippen molar-refractivity contribution in [3.63, 3.8) is 0 Å². The van der Waals surface area contributed by atoms with E-state index >= 15 is 0 Å². The fourth-order valence-corrected chi connectivity index (χ4v) is 3.64. The van der Waals surface area contributed by atoms with Crippen LogP contribution in [0.1, 0.15) is 12.8 Å². The molecule has 1 aromatic carbocycles. The number of aliphatic carboxylic acids is 1. The lowest BCUT2D eigenvalue weighted by Gasteiger charge is -2.40. The fourth-order valence-electron chi connectivity index (χ4n) is 3.52. The van der Waals surface area contributed by atoms with Crippen molar-refractivity contribution in [2.24, 2.45) is 5.92 Å². The topological polar surface area (TPSA) is 88.1 Å². The molecule has 0 spiro atoms. The molecule has 30 heavy (non-hydrogen) atoms. The number of carbonyl (C=O) groups excluding carboxylic acids is 1. The molecular weight excluding hydrogens is 429 g/mol. The van der Waals surface area contributed by atoms with Crippen molar-refractivity contribution in [3.05, 3.63) is 29.3 Å². The summed E-state index contributed by atoms with van der Waals surface area (Å²) in [6, 6.07) is 7.78. The average Bonchev–Trinajstić information content (AvgIpc) is 3.17. The van der Waals surface area contributed by atoms with Gasteiger partial charge in [0.25, 0.3) is 0 Å². The van der Waals surface area contributed by atoms with Crippen LogP contribution in [0, 0.1) is 5.92 Å². The molecule has 2 N–H and O–H groups in total. The van der Waals surface area contributed by atoms with Crippen LogP contribution in [-0.4, -0.2) is 73.6 Å². The molecule has 2 saturated heterocycles. The minimum Gasteiger partial charge on any atom is -0.492 e. The minimum absolute atomic E-state index is 0.00474. The second kappa shape index (κ2) is 10.8. The molecule has 11 heteroatoms. The van der Waals surface area contributed by atoms with Crippen LogP contribution >= 0.6 is 11.6 Å². The standard InChI is InChI=1S/C17H23ClN2O3.C2HF3O2/c1-19-17(21)12-10-16-15(6-8-23-16)20(11-12)7-9-22-14-4-2-13(18)3-5-14;3-2(4,5)1(6)7/h2-5,12,15-16H,6-11H2,1H3,(H,19,21);(H,6,7)/t12-,15+,16+;/m0./s1. The quantitative estimate of drug-likeness (QED) is 0.714. The second-order valence-corrected chi connectivity index (χ2v) is 7.35. The third-order valence-corrected chi connectivity index (χ3v) is 5.19. The van der Waals surface area contributed by atoms with E-state index in [-0.39, 0.29) is 17.9 Å². The molecule has 0 saturated carbocycles. The Morgan fingerprint density at radius 2 is 1.97 bits per heavy atom. The van der Waals surface area contributed by atoms with Gasteiger partial charge in [-0.15, -0.1) is 0 Å². The van der Waals surface area contributed by atoms with Crippen LogP contribution in [0.4, 0.5) is 13.2 Å². The van der Waals surface area contributed by atoms with Gasteiger partial charge in [-0.2, -0.15) is 13.2 Å². The lowest BCUT2D eigenvalue weighted by Crippen LogP contribution is -2.53. The SMILES string of the molecule is CNC(=O)[C@H]1C[C@H]2OCC[C@H]2N(CCOc2ccc(Cl)cc2)C1.O=C(O)C(F)(F)F. The first-order valence-electron chi connectivity index (χ1n) is 9.37. The number of carboxylic acid groups (broad SMARTS) is 1. The normalized spacial score (nSPS) is 23.7. The van der Waals surface area contributed by atoms with Gasteiger partial charge in [-0.3, -0.25) is 9.69 Å². The Bertz CT molecular complexity index is 717. The number of halogens is 4. The highest BCUT2D eigenvalue weighted by atomic mass is 35.5. The highest BCUT2D eigenvalue weighted by molar-refractivity contribution is 6.30. The van der Waals surface area contributed by atoms with Gasteiger partial charge in [0.2, 0.25) is 5.91 Å². The molecule has 0 radical (unpaired) electrons. The van der Waals surface area contributed by atoms with Gasteiger partial charge >= 0.3 is 12.1 Å². The third-order valence-electron chi connectivity index (χ3n) is 4.94. The molecule has 0 aliphatic carbocycles. The molecule has 2 fully saturated rings. The summed E-state index contributed by atoms with van der Waals surface area (Å²) in [4.78, 5) is 23.2. The molecule has 2 heterocycles. The summed E-state index contributed by atoms with van der Waals surface area (Å²) in [5.41, 5.74) is 0. The van der Waals surface area contributed by atoms with E-state index in [2.05, 4.69) is 10.2 Å². The number of ether oxygens (including phenoxy) is 2. The fraction of sp³-hybridized carbons (Fsp3) is 0.579. The minimum atomic E-state index is -5.08. The van der Waals surface area contributed by atoms with E-state index in [9.17, 15) is 18.0 Å². The van der Waals surface area contributed by atoms with E-state index in [1.165, 1.54) is 0 Å². The van der Waals surface area contributed by atoms with Gasteiger partial charge in [0.1, 0.15) is 12.4 Å². The monoisotopic (exact) mass is 452 g/mol. The highest BCUT2D eigenvalue weighted by Gasteiger charge is 2.41. The Kier molecular flexibility index (Phi) is 8.75. The molecule has 3 rings (SSSR count). The number of carboxylic acids is 1. The summed E-state index contributed by atoms with van der Waals surface area (Å²) in [7, 11) is 1.69. The lowest BCUT2D eigenvalue weighted by molar-refractivity contribution is -0.192. The predicted octanol–water partition coefficient (Wildman–Crippen LogP) is 2.58. The van der Waals surface area contributed by atoms with E-state index in [0.717, 1.165) is 38.3 Å². The number of amides is 1. The molecule has 2 aliphatic rings. The number of likely N-dealkylation sites (tertiary alicyclic amines) is 1. The highest BCUT2D eigenvalue weighted by Crippen LogP contribution is 2.31. The van der Waals surface area contributed by atoms with Crippen LogP contribution in [0.3, 0.4) is 0 Å². The first-order valence-corrected chi connectivity index (χ1v) is 9.75. The Hall–Kier alpha value is -2.04. The van der Waals surface area contributed by atoms with Crippen LogP contribution in [0.15, 0.2) is 24.3 Å². The molecule has 168 valence electrons. The Morgan fingerprint density at radius 3 is 2.53 bits per heavy atom. The van der Waals surface area contributed by atoms with Crippen LogP contribution in [-0.2, 0) is 14.3 Å². The van der Waals surface area contributed by atoms with E-state index in [4.69, 9.17) is 31.0 Å². The summed E-state index contributed by atoms with van der Waals surface area (Å²) in [5, 5.41) is 10.6. The number of carbonyl (C=O) groups is 2. The number of nitrogens with zero attached hydrogens (tertiary/aromatic N) is 1. The number of hydrogen-bond donors (Lipinski definition) is 2. The zero-order chi connectivity index (χ0) is 22.3. The van der Waals surface area contributed by atoms with Gasteiger partial charge in [0, 0.05) is 37.8 Å². The number of rotatable bonds is 5. The maximum Gasteiger partial charge on any atom is 0.490 e. The number of piperidine rings is 1. The number of fused-ring (bicyclic) bond motifs is 1. The Labute approximate surface area is 177 Å². The van der Waals surface area contributed by atoms with Gasteiger partial charge in [-0.25, -0.2) is 4.79 Å². The summed E-state index contributed by atoms with van der Waals surface area (Å²) in [5.74, 6) is -1.85. The smallest absolute Gasteiger partial charge is 0.490 e. The summed E-state index contributed by atoms with van der Waals surface area (Å²) >= 11 is 5.87. The van der Waals surface area contributed by atoms with Gasteiger partial charge in [-0.1, -0.05) is 11.6 Å². The number of alkyl halides is 3. The first kappa shape index (κ1) is 24.2. The molecule has 1 amide bonds. The van der Waals surface area contributed by atoms with E-state index in [1.54, 1.807) is 7.05 Å². The lowest BCUT2D eigenvalue weighted by atomic mass is 9.89. The van der Waals surface area contributed by atoms with Crippen molar-refractivity contribution in [1.82, 2.24) is 10.2 Å². The van der Waals surface area contributed by atoms with Crippen molar-refractivity contribution in [2.75, 3.05) is 33.4 Å². The molecule has 3 atom stereocenters. The molecule has 0 aromatic heterocycles.